The van der Waals surface area contributed by atoms with Crippen LogP contribution < -0.4 is 0 Å². The van der Waals surface area contributed by atoms with E-state index < -0.39 is 9.05 Å². The van der Waals surface area contributed by atoms with Crippen LogP contribution in [0.15, 0.2) is 34.7 Å². The molecule has 5 nitrogen and oxygen atoms in total. The Labute approximate surface area is 133 Å². The van der Waals surface area contributed by atoms with E-state index in [9.17, 15) is 13.2 Å². The highest BCUT2D eigenvalue weighted by Crippen LogP contribution is 2.23. The van der Waals surface area contributed by atoms with E-state index in [0.717, 1.165) is 16.7 Å². The molecule has 0 N–H and O–H groups in total. The third-order valence-electron chi connectivity index (χ3n) is 3.83. The predicted octanol–water partition coefficient (Wildman–Crippen LogP) is 2.39. The van der Waals surface area contributed by atoms with Gasteiger partial charge in [-0.3, -0.25) is 4.79 Å². The number of likely N-dealkylation sites (tertiary alicyclic amines) is 1. The van der Waals surface area contributed by atoms with Crippen LogP contribution in [0, 0.1) is 5.92 Å². The van der Waals surface area contributed by atoms with E-state index in [-0.39, 0.29) is 24.0 Å². The number of para-hydroxylation sites is 1. The van der Waals surface area contributed by atoms with Crippen molar-refractivity contribution in [2.24, 2.45) is 5.92 Å². The molecule has 1 unspecified atom stereocenters. The Kier molecular flexibility index (Phi) is 4.14. The van der Waals surface area contributed by atoms with Crippen molar-refractivity contribution in [3.05, 3.63) is 36.1 Å². The van der Waals surface area contributed by atoms with Crippen LogP contribution >= 0.6 is 10.7 Å². The molecule has 0 spiro atoms. The molecule has 1 saturated heterocycles. The number of furan rings is 1. The average molecular weight is 342 g/mol. The van der Waals surface area contributed by atoms with Crippen molar-refractivity contribution in [3.63, 3.8) is 0 Å². The Morgan fingerprint density at radius 2 is 2.09 bits per heavy atom. The van der Waals surface area contributed by atoms with E-state index in [1.807, 2.05) is 30.3 Å². The zero-order valence-electron chi connectivity index (χ0n) is 11.9. The monoisotopic (exact) mass is 341 g/mol. The number of amides is 1. The molecule has 1 aromatic carbocycles. The van der Waals surface area contributed by atoms with E-state index in [4.69, 9.17) is 15.1 Å². The number of benzene rings is 1. The number of hydrogen-bond acceptors (Lipinski definition) is 4. The molecule has 0 saturated carbocycles. The van der Waals surface area contributed by atoms with Gasteiger partial charge in [0.2, 0.25) is 15.0 Å². The number of carbonyl (C=O) groups excluding carboxylic acids is 1. The van der Waals surface area contributed by atoms with Gasteiger partial charge in [-0.25, -0.2) is 8.42 Å². The summed E-state index contributed by atoms with van der Waals surface area (Å²) in [6.07, 6.45) is 0.854. The van der Waals surface area contributed by atoms with Crippen molar-refractivity contribution in [1.82, 2.24) is 4.90 Å². The summed E-state index contributed by atoms with van der Waals surface area (Å²) >= 11 is 0. The minimum Gasteiger partial charge on any atom is -0.461 e. The molecule has 22 heavy (non-hydrogen) atoms. The summed E-state index contributed by atoms with van der Waals surface area (Å²) in [5.74, 6) is 0.427. The zero-order chi connectivity index (χ0) is 15.7. The first-order chi connectivity index (χ1) is 10.4. The van der Waals surface area contributed by atoms with Gasteiger partial charge in [0, 0.05) is 47.9 Å². The highest BCUT2D eigenvalue weighted by molar-refractivity contribution is 8.13. The Morgan fingerprint density at radius 1 is 1.32 bits per heavy atom. The van der Waals surface area contributed by atoms with Crippen LogP contribution in [0.1, 0.15) is 12.2 Å². The van der Waals surface area contributed by atoms with E-state index >= 15 is 0 Å². The van der Waals surface area contributed by atoms with Crippen molar-refractivity contribution >= 4 is 36.6 Å². The molecule has 0 bridgehead atoms. The quantitative estimate of drug-likeness (QED) is 0.783. The summed E-state index contributed by atoms with van der Waals surface area (Å²) in [7, 11) is 1.69. The molecule has 3 rings (SSSR count). The van der Waals surface area contributed by atoms with Gasteiger partial charge in [0.05, 0.1) is 5.75 Å². The normalized spacial score (nSPS) is 19.2. The second kappa shape index (κ2) is 5.93. The molecule has 0 radical (unpaired) electrons. The van der Waals surface area contributed by atoms with Gasteiger partial charge in [0.15, 0.2) is 0 Å². The van der Waals surface area contributed by atoms with Crippen molar-refractivity contribution < 1.29 is 17.6 Å². The summed E-state index contributed by atoms with van der Waals surface area (Å²) in [4.78, 5) is 13.6. The van der Waals surface area contributed by atoms with Gasteiger partial charge in [-0.05, 0) is 12.1 Å². The first-order valence-corrected chi connectivity index (χ1v) is 9.56. The fourth-order valence-corrected chi connectivity index (χ4v) is 4.19. The maximum Gasteiger partial charge on any atom is 0.232 e. The summed E-state index contributed by atoms with van der Waals surface area (Å²) in [5.41, 5.74) is 0.830. The molecule has 118 valence electrons. The fourth-order valence-electron chi connectivity index (χ4n) is 2.87. The van der Waals surface area contributed by atoms with Gasteiger partial charge in [0.25, 0.3) is 0 Å². The standard InChI is InChI=1S/C15H16ClNO4S/c16-22(19,20)10-11-7-15(18)17(9-11)6-5-13-8-12-3-1-2-4-14(12)21-13/h1-4,8,11H,5-7,9-10H2. The summed E-state index contributed by atoms with van der Waals surface area (Å²) in [6, 6.07) is 9.71. The highest BCUT2D eigenvalue weighted by Gasteiger charge is 2.32. The third-order valence-corrected chi connectivity index (χ3v) is 5.08. The van der Waals surface area contributed by atoms with Gasteiger partial charge in [-0.15, -0.1) is 0 Å². The van der Waals surface area contributed by atoms with Crippen LogP contribution in [0.4, 0.5) is 0 Å². The largest absolute Gasteiger partial charge is 0.461 e. The topological polar surface area (TPSA) is 67.6 Å². The molecule has 0 aliphatic carbocycles. The maximum absolute atomic E-state index is 11.9. The predicted molar refractivity (Wildman–Crippen MR) is 84.2 cm³/mol. The molecule has 1 amide bonds. The number of carbonyl (C=O) groups is 1. The first-order valence-electron chi connectivity index (χ1n) is 7.08. The SMILES string of the molecule is O=C1CC(CS(=O)(=O)Cl)CN1CCc1cc2ccccc2o1. The second-order valence-corrected chi connectivity index (χ2v) is 8.44. The van der Waals surface area contributed by atoms with Crippen LogP contribution in [0.5, 0.6) is 0 Å². The molecule has 1 aromatic heterocycles. The summed E-state index contributed by atoms with van der Waals surface area (Å²) in [5, 5.41) is 1.04. The fraction of sp³-hybridized carbons (Fsp3) is 0.400. The van der Waals surface area contributed by atoms with Crippen LogP contribution in [-0.2, 0) is 20.3 Å². The molecule has 1 aliphatic heterocycles. The Hall–Kier alpha value is -1.53. The van der Waals surface area contributed by atoms with Crippen molar-refractivity contribution in [1.29, 1.82) is 0 Å². The number of halogens is 1. The Bertz CT molecular complexity index is 766. The van der Waals surface area contributed by atoms with E-state index in [0.29, 0.717) is 19.5 Å². The average Bonchev–Trinajstić information content (AvgIpc) is 2.97. The van der Waals surface area contributed by atoms with Crippen molar-refractivity contribution in [2.45, 2.75) is 12.8 Å². The Balaban J connectivity index is 1.60. The first kappa shape index (κ1) is 15.4. The summed E-state index contributed by atoms with van der Waals surface area (Å²) < 4.78 is 27.9. The molecule has 1 fully saturated rings. The lowest BCUT2D eigenvalue weighted by molar-refractivity contribution is -0.127. The van der Waals surface area contributed by atoms with E-state index in [1.54, 1.807) is 4.90 Å². The lowest BCUT2D eigenvalue weighted by Crippen LogP contribution is -2.28. The van der Waals surface area contributed by atoms with Crippen LogP contribution in [0.3, 0.4) is 0 Å². The van der Waals surface area contributed by atoms with Gasteiger partial charge in [-0.2, -0.15) is 0 Å². The number of hydrogen-bond donors (Lipinski definition) is 0. The van der Waals surface area contributed by atoms with E-state index in [1.165, 1.54) is 0 Å². The van der Waals surface area contributed by atoms with Crippen LogP contribution in [-0.4, -0.2) is 38.1 Å². The minimum absolute atomic E-state index is 0.0265. The smallest absolute Gasteiger partial charge is 0.232 e. The zero-order valence-corrected chi connectivity index (χ0v) is 13.4. The number of fused-ring (bicyclic) bond motifs is 1. The molecule has 2 aromatic rings. The molecular weight excluding hydrogens is 326 g/mol. The molecular formula is C15H16ClNO4S. The van der Waals surface area contributed by atoms with Gasteiger partial charge >= 0.3 is 0 Å². The van der Waals surface area contributed by atoms with Crippen LogP contribution in [0.25, 0.3) is 11.0 Å². The van der Waals surface area contributed by atoms with Crippen molar-refractivity contribution in [3.8, 4) is 0 Å². The van der Waals surface area contributed by atoms with Gasteiger partial charge < -0.3 is 9.32 Å². The second-order valence-electron chi connectivity index (χ2n) is 5.62. The van der Waals surface area contributed by atoms with Crippen LogP contribution in [0.2, 0.25) is 0 Å². The minimum atomic E-state index is -3.56. The molecule has 1 aliphatic rings. The lowest BCUT2D eigenvalue weighted by Gasteiger charge is -2.15. The number of rotatable bonds is 5. The lowest BCUT2D eigenvalue weighted by atomic mass is 10.1. The molecule has 7 heteroatoms. The van der Waals surface area contributed by atoms with Crippen molar-refractivity contribution in [2.75, 3.05) is 18.8 Å². The molecule has 1 atom stereocenters. The van der Waals surface area contributed by atoms with E-state index in [2.05, 4.69) is 0 Å². The maximum atomic E-state index is 11.9. The van der Waals surface area contributed by atoms with Gasteiger partial charge in [-0.1, -0.05) is 18.2 Å². The third kappa shape index (κ3) is 3.62. The molecule has 2 heterocycles. The highest BCUT2D eigenvalue weighted by atomic mass is 35.7. The van der Waals surface area contributed by atoms with Gasteiger partial charge in [0.1, 0.15) is 11.3 Å². The number of nitrogens with zero attached hydrogens (tertiary/aromatic N) is 1. The Morgan fingerprint density at radius 3 is 2.82 bits per heavy atom. The summed E-state index contributed by atoms with van der Waals surface area (Å²) in [6.45, 7) is 0.961.